The molecule has 0 saturated carbocycles. The lowest BCUT2D eigenvalue weighted by molar-refractivity contribution is 0.312. The maximum atomic E-state index is 9.10. The fourth-order valence-corrected chi connectivity index (χ4v) is 5.06. The standard InChI is InChI=1S/C22H19BrN8OS2/c1-30-6-8-31(9-7-30)20-11-19(26-21-25-13-16(12-24)34-21)27-22(28-20)33-15-4-2-14(3-5-15)17-10-18(23)29-32-17/h2-5,10-11,13H,6-9H2,1H3,(H,25,26,27,28). The Kier molecular flexibility index (Phi) is 6.77. The van der Waals surface area contributed by atoms with E-state index in [9.17, 15) is 0 Å². The highest BCUT2D eigenvalue weighted by Gasteiger charge is 2.18. The molecule has 5 rings (SSSR count). The van der Waals surface area contributed by atoms with Gasteiger partial charge in [0.05, 0.1) is 6.20 Å². The van der Waals surface area contributed by atoms with Gasteiger partial charge in [-0.3, -0.25) is 0 Å². The molecule has 1 aliphatic heterocycles. The number of hydrogen-bond acceptors (Lipinski definition) is 11. The predicted molar refractivity (Wildman–Crippen MR) is 136 cm³/mol. The molecule has 0 aliphatic carbocycles. The second-order valence-electron chi connectivity index (χ2n) is 7.59. The van der Waals surface area contributed by atoms with E-state index in [1.54, 1.807) is 6.20 Å². The van der Waals surface area contributed by atoms with Crippen LogP contribution in [0, 0.1) is 11.3 Å². The summed E-state index contributed by atoms with van der Waals surface area (Å²) < 4.78 is 5.97. The third-order valence-corrected chi connectivity index (χ3v) is 7.26. The minimum atomic E-state index is 0.546. The number of likely N-dealkylation sites (N-methyl/N-ethyl adjacent to an activating group) is 1. The van der Waals surface area contributed by atoms with E-state index in [2.05, 4.69) is 54.3 Å². The molecule has 4 aromatic rings. The number of nitriles is 1. The SMILES string of the molecule is CN1CCN(c2cc(Nc3ncc(C#N)s3)nc(Sc3ccc(-c4cc(Br)no4)cc3)n2)CC1. The lowest BCUT2D eigenvalue weighted by Gasteiger charge is -2.33. The van der Waals surface area contributed by atoms with Crippen LogP contribution in [0.25, 0.3) is 11.3 Å². The van der Waals surface area contributed by atoms with Gasteiger partial charge in [0.25, 0.3) is 0 Å². The number of halogens is 1. The second kappa shape index (κ2) is 10.1. The Morgan fingerprint density at radius 1 is 1.15 bits per heavy atom. The van der Waals surface area contributed by atoms with Crippen LogP contribution < -0.4 is 10.2 Å². The number of benzene rings is 1. The molecule has 0 bridgehead atoms. The molecule has 1 aromatic carbocycles. The first-order valence-corrected chi connectivity index (χ1v) is 12.8. The molecular weight excluding hydrogens is 536 g/mol. The Morgan fingerprint density at radius 2 is 1.94 bits per heavy atom. The van der Waals surface area contributed by atoms with Crippen molar-refractivity contribution >= 4 is 55.8 Å². The Morgan fingerprint density at radius 3 is 2.62 bits per heavy atom. The van der Waals surface area contributed by atoms with Gasteiger partial charge in [-0.15, -0.1) is 0 Å². The molecule has 1 N–H and O–H groups in total. The quantitative estimate of drug-likeness (QED) is 0.331. The fourth-order valence-electron chi connectivity index (χ4n) is 3.40. The van der Waals surface area contributed by atoms with Crippen LogP contribution in [0.5, 0.6) is 0 Å². The molecule has 3 aromatic heterocycles. The van der Waals surface area contributed by atoms with Crippen molar-refractivity contribution in [3.8, 4) is 17.4 Å². The van der Waals surface area contributed by atoms with Gasteiger partial charge in [0.2, 0.25) is 0 Å². The van der Waals surface area contributed by atoms with Gasteiger partial charge in [-0.1, -0.05) is 28.6 Å². The molecule has 0 amide bonds. The van der Waals surface area contributed by atoms with Gasteiger partial charge in [0.1, 0.15) is 27.2 Å². The Balaban J connectivity index is 1.40. The lowest BCUT2D eigenvalue weighted by Crippen LogP contribution is -2.44. The lowest BCUT2D eigenvalue weighted by atomic mass is 10.2. The predicted octanol–water partition coefficient (Wildman–Crippen LogP) is 4.87. The summed E-state index contributed by atoms with van der Waals surface area (Å²) in [5.74, 6) is 2.21. The van der Waals surface area contributed by atoms with Crippen LogP contribution in [0.2, 0.25) is 0 Å². The summed E-state index contributed by atoms with van der Waals surface area (Å²) in [6.07, 6.45) is 1.56. The summed E-state index contributed by atoms with van der Waals surface area (Å²) in [6.45, 7) is 3.75. The van der Waals surface area contributed by atoms with Crippen LogP contribution in [0.3, 0.4) is 0 Å². The largest absolute Gasteiger partial charge is 0.355 e. The number of hydrogen-bond donors (Lipinski definition) is 1. The van der Waals surface area contributed by atoms with Crippen molar-refractivity contribution in [1.82, 2.24) is 25.0 Å². The van der Waals surface area contributed by atoms with Crippen molar-refractivity contribution < 1.29 is 4.52 Å². The molecule has 0 atom stereocenters. The van der Waals surface area contributed by atoms with Crippen LogP contribution in [0.4, 0.5) is 16.8 Å². The summed E-state index contributed by atoms with van der Waals surface area (Å²) in [4.78, 5) is 19.9. The monoisotopic (exact) mass is 554 g/mol. The van der Waals surface area contributed by atoms with Crippen molar-refractivity contribution in [1.29, 1.82) is 5.26 Å². The van der Waals surface area contributed by atoms with E-state index in [-0.39, 0.29) is 0 Å². The minimum Gasteiger partial charge on any atom is -0.355 e. The molecule has 1 fully saturated rings. The Bertz CT molecular complexity index is 1330. The number of aromatic nitrogens is 4. The van der Waals surface area contributed by atoms with Crippen molar-refractivity contribution in [3.63, 3.8) is 0 Å². The maximum Gasteiger partial charge on any atom is 0.196 e. The van der Waals surface area contributed by atoms with Gasteiger partial charge in [0.15, 0.2) is 16.0 Å². The summed E-state index contributed by atoms with van der Waals surface area (Å²) >= 11 is 6.09. The van der Waals surface area contributed by atoms with Crippen molar-refractivity contribution in [2.75, 3.05) is 43.4 Å². The average molecular weight is 555 g/mol. The van der Waals surface area contributed by atoms with Gasteiger partial charge < -0.3 is 19.6 Å². The third-order valence-electron chi connectivity index (χ3n) is 5.20. The highest BCUT2D eigenvalue weighted by atomic mass is 79.9. The van der Waals surface area contributed by atoms with Gasteiger partial charge in [-0.25, -0.2) is 15.0 Å². The molecule has 4 heterocycles. The number of nitrogens with one attached hydrogen (secondary N) is 1. The molecule has 0 unspecified atom stereocenters. The van der Waals surface area contributed by atoms with Crippen LogP contribution >= 0.6 is 39.0 Å². The molecule has 1 saturated heterocycles. The van der Waals surface area contributed by atoms with E-state index in [1.807, 2.05) is 36.4 Å². The zero-order valence-electron chi connectivity index (χ0n) is 18.1. The van der Waals surface area contributed by atoms with E-state index in [0.29, 0.717) is 31.3 Å². The molecule has 172 valence electrons. The van der Waals surface area contributed by atoms with E-state index in [0.717, 1.165) is 42.5 Å². The van der Waals surface area contributed by atoms with Crippen LogP contribution in [0.1, 0.15) is 4.88 Å². The highest BCUT2D eigenvalue weighted by molar-refractivity contribution is 9.10. The highest BCUT2D eigenvalue weighted by Crippen LogP contribution is 2.32. The first kappa shape index (κ1) is 22.8. The fraction of sp³-hybridized carbons (Fsp3) is 0.227. The van der Waals surface area contributed by atoms with Gasteiger partial charge in [-0.2, -0.15) is 5.26 Å². The summed E-state index contributed by atoms with van der Waals surface area (Å²) in [6, 6.07) is 13.9. The van der Waals surface area contributed by atoms with Gasteiger partial charge in [-0.05, 0) is 46.9 Å². The van der Waals surface area contributed by atoms with E-state index >= 15 is 0 Å². The first-order chi connectivity index (χ1) is 16.6. The number of anilines is 3. The van der Waals surface area contributed by atoms with Crippen molar-refractivity contribution in [2.24, 2.45) is 0 Å². The summed E-state index contributed by atoms with van der Waals surface area (Å²) in [7, 11) is 2.13. The number of thiazole rings is 1. The molecular formula is C22H19BrN8OS2. The van der Waals surface area contributed by atoms with Crippen molar-refractivity contribution in [2.45, 2.75) is 10.1 Å². The smallest absolute Gasteiger partial charge is 0.196 e. The van der Waals surface area contributed by atoms with E-state index in [4.69, 9.17) is 19.8 Å². The topological polar surface area (TPSA) is 107 Å². The summed E-state index contributed by atoms with van der Waals surface area (Å²) in [5, 5.41) is 17.5. The van der Waals surface area contributed by atoms with E-state index < -0.39 is 0 Å². The van der Waals surface area contributed by atoms with E-state index in [1.165, 1.54) is 23.1 Å². The summed E-state index contributed by atoms with van der Waals surface area (Å²) in [5.41, 5.74) is 0.939. The van der Waals surface area contributed by atoms with Crippen LogP contribution in [-0.2, 0) is 0 Å². The first-order valence-electron chi connectivity index (χ1n) is 10.4. The number of piperazine rings is 1. The zero-order chi connectivity index (χ0) is 23.5. The molecule has 0 spiro atoms. The second-order valence-corrected chi connectivity index (χ2v) is 10.5. The zero-order valence-corrected chi connectivity index (χ0v) is 21.3. The Hall–Kier alpha value is -2.98. The molecule has 12 heteroatoms. The third kappa shape index (κ3) is 5.39. The minimum absolute atomic E-state index is 0.546. The normalized spacial score (nSPS) is 14.2. The molecule has 34 heavy (non-hydrogen) atoms. The van der Waals surface area contributed by atoms with Crippen LogP contribution in [-0.4, -0.2) is 58.2 Å². The maximum absolute atomic E-state index is 9.10. The van der Waals surface area contributed by atoms with Crippen LogP contribution in [0.15, 0.2) is 61.8 Å². The average Bonchev–Trinajstić information content (AvgIpc) is 3.48. The molecule has 9 nitrogen and oxygen atoms in total. The molecule has 1 aliphatic rings. The number of nitrogens with zero attached hydrogens (tertiary/aromatic N) is 7. The Labute approximate surface area is 213 Å². The number of rotatable bonds is 6. The molecule has 0 radical (unpaired) electrons. The van der Waals surface area contributed by atoms with Crippen molar-refractivity contribution in [3.05, 3.63) is 52.1 Å². The van der Waals surface area contributed by atoms with Gasteiger partial charge in [0, 0.05) is 48.8 Å². The van der Waals surface area contributed by atoms with Gasteiger partial charge >= 0.3 is 0 Å².